The van der Waals surface area contributed by atoms with E-state index in [1.54, 1.807) is 30.3 Å². The molecule has 1 aromatic rings. The van der Waals surface area contributed by atoms with Gasteiger partial charge in [-0.15, -0.1) is 0 Å². The molecule has 0 aliphatic carbocycles. The second-order valence-corrected chi connectivity index (χ2v) is 4.29. The largest absolute Gasteiger partial charge is 0.479 e. The van der Waals surface area contributed by atoms with E-state index in [1.807, 2.05) is 0 Å². The summed E-state index contributed by atoms with van der Waals surface area (Å²) in [7, 11) is 0. The number of aliphatic hydroxyl groups excluding tert-OH is 1. The number of rotatable bonds is 7. The summed E-state index contributed by atoms with van der Waals surface area (Å²) in [6, 6.07) is 6.61. The summed E-state index contributed by atoms with van der Waals surface area (Å²) in [6.45, 7) is -0.0456. The van der Waals surface area contributed by atoms with Crippen molar-refractivity contribution in [2.24, 2.45) is 5.73 Å². The number of amides is 3. The van der Waals surface area contributed by atoms with E-state index in [0.29, 0.717) is 5.56 Å². The number of nitrogens with two attached hydrogens (primary N) is 1. The van der Waals surface area contributed by atoms with E-state index in [1.165, 1.54) is 0 Å². The predicted molar refractivity (Wildman–Crippen MR) is 73.2 cm³/mol. The van der Waals surface area contributed by atoms with Gasteiger partial charge in [0.15, 0.2) is 6.10 Å². The number of carboxylic acid groups (broad SMARTS) is 1. The van der Waals surface area contributed by atoms with Gasteiger partial charge in [-0.3, -0.25) is 4.79 Å². The minimum Gasteiger partial charge on any atom is -0.479 e. The quantitative estimate of drug-likeness (QED) is 0.454. The van der Waals surface area contributed by atoms with Crippen LogP contribution in [0.1, 0.15) is 18.0 Å². The number of urea groups is 1. The van der Waals surface area contributed by atoms with E-state index in [9.17, 15) is 14.4 Å². The predicted octanol–water partition coefficient (Wildman–Crippen LogP) is -0.652. The van der Waals surface area contributed by atoms with Crippen molar-refractivity contribution in [3.8, 4) is 0 Å². The standard InChI is InChI=1S/C13H17N3O5/c14-13(21)16-10(8-4-2-1-3-5-8)11(18)15-7-6-9(17)12(19)20/h1-5,9-10,17H,6-7H2,(H,15,18)(H,19,20)(H3,14,16,21). The summed E-state index contributed by atoms with van der Waals surface area (Å²) in [5, 5.41) is 22.4. The first-order valence-corrected chi connectivity index (χ1v) is 6.21. The van der Waals surface area contributed by atoms with Crippen molar-refractivity contribution in [2.75, 3.05) is 6.54 Å². The lowest BCUT2D eigenvalue weighted by atomic mass is 10.1. The Morgan fingerprint density at radius 2 is 1.81 bits per heavy atom. The summed E-state index contributed by atoms with van der Waals surface area (Å²) in [5.74, 6) is -1.91. The maximum absolute atomic E-state index is 12.0. The Morgan fingerprint density at radius 3 is 2.33 bits per heavy atom. The average molecular weight is 295 g/mol. The molecule has 0 radical (unpaired) electrons. The van der Waals surface area contributed by atoms with E-state index < -0.39 is 30.1 Å². The summed E-state index contributed by atoms with van der Waals surface area (Å²) < 4.78 is 0. The van der Waals surface area contributed by atoms with Crippen molar-refractivity contribution in [1.82, 2.24) is 10.6 Å². The van der Waals surface area contributed by atoms with Gasteiger partial charge in [-0.2, -0.15) is 0 Å². The zero-order chi connectivity index (χ0) is 15.8. The minimum absolute atomic E-state index is 0.0456. The zero-order valence-electron chi connectivity index (χ0n) is 11.2. The molecule has 0 bridgehead atoms. The number of carbonyl (C=O) groups is 3. The molecule has 3 amide bonds. The average Bonchev–Trinajstić information content (AvgIpc) is 2.45. The summed E-state index contributed by atoms with van der Waals surface area (Å²) in [6.07, 6.45) is -1.69. The van der Waals surface area contributed by atoms with Gasteiger partial charge in [0.25, 0.3) is 0 Å². The highest BCUT2D eigenvalue weighted by Crippen LogP contribution is 2.12. The molecule has 6 N–H and O–H groups in total. The van der Waals surface area contributed by atoms with Gasteiger partial charge in [0.05, 0.1) is 0 Å². The molecule has 0 aliphatic rings. The van der Waals surface area contributed by atoms with Gasteiger partial charge in [0.1, 0.15) is 6.04 Å². The first-order chi connectivity index (χ1) is 9.91. The van der Waals surface area contributed by atoms with E-state index in [4.69, 9.17) is 15.9 Å². The van der Waals surface area contributed by atoms with Gasteiger partial charge in [-0.25, -0.2) is 9.59 Å². The molecule has 0 saturated carbocycles. The summed E-state index contributed by atoms with van der Waals surface area (Å²) in [4.78, 5) is 33.4. The SMILES string of the molecule is NC(=O)NC(C(=O)NCCC(O)C(=O)O)c1ccccc1. The monoisotopic (exact) mass is 295 g/mol. The number of hydrogen-bond donors (Lipinski definition) is 5. The molecular formula is C13H17N3O5. The van der Waals surface area contributed by atoms with Crippen LogP contribution >= 0.6 is 0 Å². The Labute approximate surface area is 120 Å². The smallest absolute Gasteiger partial charge is 0.332 e. The Morgan fingerprint density at radius 1 is 1.19 bits per heavy atom. The number of carbonyl (C=O) groups excluding carboxylic acids is 2. The van der Waals surface area contributed by atoms with Gasteiger partial charge in [0.2, 0.25) is 5.91 Å². The molecule has 1 rings (SSSR count). The first-order valence-electron chi connectivity index (χ1n) is 6.21. The highest BCUT2D eigenvalue weighted by molar-refractivity contribution is 5.87. The third-order valence-electron chi connectivity index (χ3n) is 2.68. The van der Waals surface area contributed by atoms with Gasteiger partial charge in [-0.05, 0) is 5.56 Å². The van der Waals surface area contributed by atoms with Crippen LogP contribution in [0.5, 0.6) is 0 Å². The maximum atomic E-state index is 12.0. The van der Waals surface area contributed by atoms with Crippen LogP contribution in [0, 0.1) is 0 Å². The lowest BCUT2D eigenvalue weighted by Gasteiger charge is -2.18. The fourth-order valence-corrected chi connectivity index (χ4v) is 1.65. The van der Waals surface area contributed by atoms with Gasteiger partial charge in [0, 0.05) is 13.0 Å². The molecule has 0 aromatic heterocycles. The molecular weight excluding hydrogens is 278 g/mol. The summed E-state index contributed by atoms with van der Waals surface area (Å²) in [5.41, 5.74) is 5.57. The van der Waals surface area contributed by atoms with Crippen LogP contribution in [-0.2, 0) is 9.59 Å². The maximum Gasteiger partial charge on any atom is 0.332 e. The molecule has 8 nitrogen and oxygen atoms in total. The Balaban J connectivity index is 2.65. The number of aliphatic carboxylic acids is 1. The Hall–Kier alpha value is -2.61. The van der Waals surface area contributed by atoms with Crippen molar-refractivity contribution in [2.45, 2.75) is 18.6 Å². The second-order valence-electron chi connectivity index (χ2n) is 4.29. The zero-order valence-corrected chi connectivity index (χ0v) is 11.2. The first kappa shape index (κ1) is 16.4. The number of primary amides is 1. The van der Waals surface area contributed by atoms with E-state index in [0.717, 1.165) is 0 Å². The fraction of sp³-hybridized carbons (Fsp3) is 0.308. The van der Waals surface area contributed by atoms with Gasteiger partial charge < -0.3 is 26.6 Å². The third-order valence-corrected chi connectivity index (χ3v) is 2.68. The second kappa shape index (κ2) is 7.85. The van der Waals surface area contributed by atoms with E-state index in [-0.39, 0.29) is 13.0 Å². The van der Waals surface area contributed by atoms with Crippen molar-refractivity contribution in [1.29, 1.82) is 0 Å². The number of benzene rings is 1. The Kier molecular flexibility index (Phi) is 6.15. The van der Waals surface area contributed by atoms with Crippen LogP contribution in [0.4, 0.5) is 4.79 Å². The molecule has 0 heterocycles. The van der Waals surface area contributed by atoms with Crippen molar-refractivity contribution in [3.63, 3.8) is 0 Å². The lowest BCUT2D eigenvalue weighted by molar-refractivity contribution is -0.147. The topological polar surface area (TPSA) is 142 Å². The Bertz CT molecular complexity index is 506. The van der Waals surface area contributed by atoms with Crippen LogP contribution in [0.2, 0.25) is 0 Å². The highest BCUT2D eigenvalue weighted by atomic mass is 16.4. The fourth-order valence-electron chi connectivity index (χ4n) is 1.65. The molecule has 2 unspecified atom stereocenters. The van der Waals surface area contributed by atoms with Crippen molar-refractivity contribution in [3.05, 3.63) is 35.9 Å². The number of aliphatic hydroxyl groups is 1. The minimum atomic E-state index is -1.55. The molecule has 2 atom stereocenters. The van der Waals surface area contributed by atoms with Crippen molar-refractivity contribution >= 4 is 17.9 Å². The molecule has 8 heteroatoms. The number of carboxylic acids is 1. The van der Waals surface area contributed by atoms with Crippen molar-refractivity contribution < 1.29 is 24.6 Å². The summed E-state index contributed by atoms with van der Waals surface area (Å²) >= 11 is 0. The van der Waals surface area contributed by atoms with E-state index >= 15 is 0 Å². The normalized spacial score (nSPS) is 13.0. The third kappa shape index (κ3) is 5.49. The highest BCUT2D eigenvalue weighted by Gasteiger charge is 2.22. The van der Waals surface area contributed by atoms with Crippen LogP contribution in [0.15, 0.2) is 30.3 Å². The van der Waals surface area contributed by atoms with Crippen LogP contribution in [-0.4, -0.2) is 40.8 Å². The lowest BCUT2D eigenvalue weighted by Crippen LogP contribution is -2.43. The molecule has 21 heavy (non-hydrogen) atoms. The molecule has 0 aliphatic heterocycles. The van der Waals surface area contributed by atoms with Crippen LogP contribution in [0.25, 0.3) is 0 Å². The van der Waals surface area contributed by atoms with Crippen LogP contribution < -0.4 is 16.4 Å². The molecule has 1 aromatic carbocycles. The molecule has 0 spiro atoms. The number of hydrogen-bond acceptors (Lipinski definition) is 4. The van der Waals surface area contributed by atoms with Crippen LogP contribution in [0.3, 0.4) is 0 Å². The van der Waals surface area contributed by atoms with E-state index in [2.05, 4.69) is 10.6 Å². The van der Waals surface area contributed by atoms with Gasteiger partial charge >= 0.3 is 12.0 Å². The number of nitrogens with one attached hydrogen (secondary N) is 2. The molecule has 114 valence electrons. The molecule has 0 fully saturated rings. The van der Waals surface area contributed by atoms with Gasteiger partial charge in [-0.1, -0.05) is 30.3 Å². The molecule has 0 saturated heterocycles.